The fourth-order valence-electron chi connectivity index (χ4n) is 15.5. The van der Waals surface area contributed by atoms with Crippen molar-refractivity contribution in [2.24, 2.45) is 0 Å². The van der Waals surface area contributed by atoms with Gasteiger partial charge in [0, 0.05) is 56.0 Å². The molecule has 0 unspecified atom stereocenters. The molecular formula is C96H80BN3. The molecule has 0 radical (unpaired) electrons. The lowest BCUT2D eigenvalue weighted by atomic mass is 9.33. The molecule has 1 aromatic heterocycles. The Morgan fingerprint density at radius 3 is 1.27 bits per heavy atom. The molecule has 0 fully saturated rings. The minimum absolute atomic E-state index is 0.140. The van der Waals surface area contributed by atoms with Crippen molar-refractivity contribution in [2.45, 2.75) is 78.6 Å². The molecule has 14 aromatic carbocycles. The normalized spacial score (nSPS) is 13.5. The maximum Gasteiger partial charge on any atom is 0.252 e. The Balaban J connectivity index is 1.08. The third-order valence-corrected chi connectivity index (χ3v) is 20.6. The van der Waals surface area contributed by atoms with Crippen LogP contribution in [0.1, 0.15) is 85.9 Å². The summed E-state index contributed by atoms with van der Waals surface area (Å²) in [6.07, 6.45) is 0. The zero-order valence-electron chi connectivity index (χ0n) is 63.1. The van der Waals surface area contributed by atoms with E-state index in [1.165, 1.54) is 16.7 Å². The van der Waals surface area contributed by atoms with Gasteiger partial charge in [0.25, 0.3) is 6.71 Å². The molecule has 0 amide bonds. The molecule has 3 nitrogen and oxygen atoms in total. The van der Waals surface area contributed by atoms with E-state index in [1.54, 1.807) is 0 Å². The van der Waals surface area contributed by atoms with Crippen LogP contribution in [0.4, 0.5) is 34.1 Å². The third-order valence-electron chi connectivity index (χ3n) is 20.6. The van der Waals surface area contributed by atoms with Crippen molar-refractivity contribution in [3.05, 3.63) is 338 Å². The molecule has 3 heterocycles. The second kappa shape index (κ2) is 24.2. The highest BCUT2D eigenvalue weighted by Crippen LogP contribution is 2.54. The van der Waals surface area contributed by atoms with Crippen LogP contribution in [0.25, 0.3) is 105 Å². The summed E-state index contributed by atoms with van der Waals surface area (Å²) in [7, 11) is 0. The Morgan fingerprint density at radius 1 is 0.290 bits per heavy atom. The Kier molecular flexibility index (Phi) is 13.7. The number of hydrogen-bond donors (Lipinski definition) is 0. The Bertz CT molecular complexity index is 5790. The smallest absolute Gasteiger partial charge is 0.252 e. The quantitative estimate of drug-likeness (QED) is 0.126. The van der Waals surface area contributed by atoms with Crippen molar-refractivity contribution in [1.29, 1.82) is 0 Å². The maximum atomic E-state index is 9.61. The van der Waals surface area contributed by atoms with Gasteiger partial charge in [-0.15, -0.1) is 0 Å². The number of aromatic nitrogens is 1. The van der Waals surface area contributed by atoms with Crippen LogP contribution in [0.15, 0.2) is 321 Å². The predicted molar refractivity (Wildman–Crippen MR) is 429 cm³/mol. The topological polar surface area (TPSA) is 11.4 Å². The molecule has 0 atom stereocenters. The molecule has 0 saturated heterocycles. The molecule has 0 aliphatic carbocycles. The molecule has 0 bridgehead atoms. The molecule has 100 heavy (non-hydrogen) atoms. The van der Waals surface area contributed by atoms with Gasteiger partial charge in [0.05, 0.1) is 23.6 Å². The highest BCUT2D eigenvalue weighted by molar-refractivity contribution is 7.00. The van der Waals surface area contributed by atoms with Crippen molar-refractivity contribution in [1.82, 2.24) is 4.57 Å². The number of nitrogens with zero attached hydrogens (tertiary/aromatic N) is 3. The van der Waals surface area contributed by atoms with E-state index < -0.39 is 12.8 Å². The van der Waals surface area contributed by atoms with E-state index in [4.69, 9.17) is 4.11 Å². The monoisotopic (exact) mass is 1290 g/mol. The fraction of sp³-hybridized carbons (Fsp3) is 0.125. The highest BCUT2D eigenvalue weighted by atomic mass is 15.2. The van der Waals surface area contributed by atoms with Crippen LogP contribution in [0.5, 0.6) is 0 Å². The van der Waals surface area contributed by atoms with Crippen LogP contribution >= 0.6 is 0 Å². The molecular weight excluding hydrogens is 1210 g/mol. The second-order valence-corrected chi connectivity index (χ2v) is 30.2. The number of hydrogen-bond acceptors (Lipinski definition) is 2. The average molecular weight is 1290 g/mol. The summed E-state index contributed by atoms with van der Waals surface area (Å²) < 4.78 is 48.6. The first-order chi connectivity index (χ1) is 50.6. The van der Waals surface area contributed by atoms with Gasteiger partial charge < -0.3 is 14.4 Å². The number of benzene rings is 14. The van der Waals surface area contributed by atoms with Gasteiger partial charge in [-0.2, -0.15) is 0 Å². The van der Waals surface area contributed by atoms with Crippen LogP contribution in [0.3, 0.4) is 0 Å². The van der Waals surface area contributed by atoms with E-state index in [-0.39, 0.29) is 46.0 Å². The van der Waals surface area contributed by atoms with Crippen molar-refractivity contribution in [3.63, 3.8) is 0 Å². The van der Waals surface area contributed by atoms with Crippen molar-refractivity contribution in [3.8, 4) is 83.6 Å². The largest absolute Gasteiger partial charge is 0.311 e. The molecule has 2 aliphatic rings. The number of rotatable bonds is 10. The van der Waals surface area contributed by atoms with Gasteiger partial charge in [0.2, 0.25) is 0 Å². The van der Waals surface area contributed by atoms with E-state index in [0.717, 1.165) is 145 Å². The summed E-state index contributed by atoms with van der Waals surface area (Å²) >= 11 is 0. The van der Waals surface area contributed by atoms with Gasteiger partial charge in [-0.05, 0) is 195 Å². The van der Waals surface area contributed by atoms with E-state index >= 15 is 0 Å². The molecule has 0 saturated carbocycles. The number of fused-ring (bicyclic) bond motifs is 7. The average Bonchev–Trinajstić information content (AvgIpc) is 0.874. The molecule has 482 valence electrons. The van der Waals surface area contributed by atoms with E-state index in [1.807, 2.05) is 6.07 Å². The lowest BCUT2D eigenvalue weighted by Crippen LogP contribution is -2.61. The summed E-state index contributed by atoms with van der Waals surface area (Å²) in [5.74, 6) is 0. The summed E-state index contributed by atoms with van der Waals surface area (Å²) in [4.78, 5) is 5.07. The van der Waals surface area contributed by atoms with Crippen molar-refractivity contribution >= 4 is 79.0 Å². The van der Waals surface area contributed by atoms with Crippen LogP contribution in [-0.4, -0.2) is 11.3 Å². The third kappa shape index (κ3) is 10.9. The van der Waals surface area contributed by atoms with Crippen LogP contribution in [-0.2, 0) is 16.2 Å². The summed E-state index contributed by atoms with van der Waals surface area (Å²) in [6, 6.07) is 105. The van der Waals surface area contributed by atoms with Crippen LogP contribution in [0, 0.1) is 0 Å². The standard InChI is InChI=1S/C96H80BN3/c1-94(2,3)74-52-72(53-75(60-74)95(4,5)6)69-48-50-84-88(57-69)100(93-81(66-37-22-13-23-38-66)61-76(96(7,8)9)62-82(93)67-39-24-14-25-40-67)90-59-73(79-44-30-46-86-91(79)80-43-28-29-45-85(80)98(86)77-41-26-15-27-42-77)58-89-92(90)97(84)83-49-47-68(63-31-16-10-17-32-63)56-87(83)99(89)78-54-70(64-33-18-11-19-34-64)51-71(55-78)65-35-20-12-21-36-65/h10-62H,1-9H3/i10D,16D,17D,31D,32D. The van der Waals surface area contributed by atoms with Gasteiger partial charge in [0.15, 0.2) is 0 Å². The minimum atomic E-state index is -0.434. The molecule has 17 rings (SSSR count). The first-order valence-corrected chi connectivity index (χ1v) is 35.0. The number of anilines is 6. The van der Waals surface area contributed by atoms with E-state index in [0.29, 0.717) is 5.56 Å². The lowest BCUT2D eigenvalue weighted by molar-refractivity contribution is 0.569. The van der Waals surface area contributed by atoms with Crippen molar-refractivity contribution < 1.29 is 6.85 Å². The Morgan fingerprint density at radius 2 is 0.730 bits per heavy atom. The zero-order valence-corrected chi connectivity index (χ0v) is 58.1. The molecule has 15 aromatic rings. The zero-order chi connectivity index (χ0) is 72.5. The Labute approximate surface area is 597 Å². The molecule has 0 N–H and O–H groups in total. The lowest BCUT2D eigenvalue weighted by Gasteiger charge is -2.45. The van der Waals surface area contributed by atoms with Crippen LogP contribution < -0.4 is 26.2 Å². The SMILES string of the molecule is [2H]c1c([2H])c([2H])c(-c2ccc3c(c2)N(c2cc(-c4ccccc4)cc(-c4ccccc4)c2)c2cc(-c4cccc5c4c4ccccc4n5-c4ccccc4)cc4c2B3c2ccc(-c3cc(C(C)(C)C)cc(C(C)(C)C)c3)cc2N4c2c(-c3ccccc3)cc(C(C)(C)C)cc2-c2ccccc2)c([2H])c1[2H]. The first-order valence-electron chi connectivity index (χ1n) is 37.5. The summed E-state index contributed by atoms with van der Waals surface area (Å²) in [5, 5.41) is 2.24. The minimum Gasteiger partial charge on any atom is -0.311 e. The van der Waals surface area contributed by atoms with Crippen molar-refractivity contribution in [2.75, 3.05) is 9.80 Å². The van der Waals surface area contributed by atoms with Gasteiger partial charge in [-0.25, -0.2) is 0 Å². The van der Waals surface area contributed by atoms with Gasteiger partial charge >= 0.3 is 0 Å². The second-order valence-electron chi connectivity index (χ2n) is 30.2. The molecule has 0 spiro atoms. The Hall–Kier alpha value is -11.5. The summed E-state index contributed by atoms with van der Waals surface area (Å²) in [6.45, 7) is 20.4. The predicted octanol–water partition coefficient (Wildman–Crippen LogP) is 24.4. The van der Waals surface area contributed by atoms with E-state index in [9.17, 15) is 2.74 Å². The van der Waals surface area contributed by atoms with Crippen LogP contribution in [0.2, 0.25) is 0 Å². The van der Waals surface area contributed by atoms with Gasteiger partial charge in [0.1, 0.15) is 0 Å². The van der Waals surface area contributed by atoms with Gasteiger partial charge in [-0.3, -0.25) is 0 Å². The first kappa shape index (κ1) is 56.6. The fourth-order valence-corrected chi connectivity index (χ4v) is 15.5. The maximum absolute atomic E-state index is 9.61. The number of para-hydroxylation sites is 2. The summed E-state index contributed by atoms with van der Waals surface area (Å²) in [5.41, 5.74) is 28.7. The highest BCUT2D eigenvalue weighted by Gasteiger charge is 2.45. The molecule has 2 aliphatic heterocycles. The molecule has 4 heteroatoms. The van der Waals surface area contributed by atoms with E-state index in [2.05, 4.69) is 362 Å². The van der Waals surface area contributed by atoms with Gasteiger partial charge in [-0.1, -0.05) is 305 Å².